The molecule has 2 aliphatic rings. The summed E-state index contributed by atoms with van der Waals surface area (Å²) in [7, 11) is 0. The van der Waals surface area contributed by atoms with E-state index in [1.54, 1.807) is 48.5 Å². The first-order valence-electron chi connectivity index (χ1n) is 11.0. The maximum Gasteiger partial charge on any atom is 0.387 e. The largest absolute Gasteiger partial charge is 0.454 e. The Labute approximate surface area is 214 Å². The zero-order valence-electron chi connectivity index (χ0n) is 19.1. The van der Waals surface area contributed by atoms with Gasteiger partial charge in [-0.15, -0.1) is 0 Å². The molecule has 0 atom stereocenters. The summed E-state index contributed by atoms with van der Waals surface area (Å²) in [6.07, 6.45) is 1.65. The van der Waals surface area contributed by atoms with Gasteiger partial charge in [0.1, 0.15) is 11.4 Å². The lowest BCUT2D eigenvalue weighted by molar-refractivity contribution is -0.114. The molecule has 0 aliphatic carbocycles. The molecule has 3 aromatic carbocycles. The number of rotatable bonds is 7. The summed E-state index contributed by atoms with van der Waals surface area (Å²) in [6, 6.07) is 19.9. The van der Waals surface area contributed by atoms with E-state index in [-0.39, 0.29) is 35.8 Å². The first-order valence-corrected chi connectivity index (χ1v) is 12.0. The van der Waals surface area contributed by atoms with E-state index in [0.29, 0.717) is 33.6 Å². The minimum atomic E-state index is -2.93. The predicted molar refractivity (Wildman–Crippen MR) is 136 cm³/mol. The Balaban J connectivity index is 1.31. The van der Waals surface area contributed by atoms with Crippen LogP contribution in [0, 0.1) is 0 Å². The van der Waals surface area contributed by atoms with Crippen molar-refractivity contribution in [3.8, 4) is 17.2 Å². The third-order valence-corrected chi connectivity index (χ3v) is 6.18. The number of alkyl halides is 2. The van der Waals surface area contributed by atoms with Gasteiger partial charge in [-0.1, -0.05) is 36.0 Å². The molecule has 0 saturated carbocycles. The Morgan fingerprint density at radius 2 is 1.84 bits per heavy atom. The van der Waals surface area contributed by atoms with Gasteiger partial charge in [0.2, 0.25) is 12.7 Å². The molecule has 0 fully saturated rings. The third-order valence-electron chi connectivity index (χ3n) is 5.24. The highest BCUT2D eigenvalue weighted by Gasteiger charge is 2.32. The van der Waals surface area contributed by atoms with Crippen LogP contribution in [0.1, 0.15) is 5.56 Å². The topological polar surface area (TPSA) is 89.5 Å². The number of ether oxygens (including phenoxy) is 3. The summed E-state index contributed by atoms with van der Waals surface area (Å²) >= 11 is 1.10. The highest BCUT2D eigenvalue weighted by molar-refractivity contribution is 8.14. The van der Waals surface area contributed by atoms with Crippen molar-refractivity contribution < 1.29 is 32.6 Å². The number of fused-ring (bicyclic) bond motifs is 1. The van der Waals surface area contributed by atoms with Crippen LogP contribution < -0.4 is 24.4 Å². The summed E-state index contributed by atoms with van der Waals surface area (Å²) in [4.78, 5) is 31.8. The molecule has 0 unspecified atom stereocenters. The summed E-state index contributed by atoms with van der Waals surface area (Å²) in [5.41, 5.74) is 1.95. The lowest BCUT2D eigenvalue weighted by Crippen LogP contribution is -2.31. The van der Waals surface area contributed by atoms with Gasteiger partial charge in [0, 0.05) is 5.69 Å². The summed E-state index contributed by atoms with van der Waals surface area (Å²) in [5.74, 6) is 0.477. The molecule has 0 bridgehead atoms. The molecular formula is C26H19F2N3O5S. The zero-order valence-corrected chi connectivity index (χ0v) is 19.9. The minimum Gasteiger partial charge on any atom is -0.454 e. The maximum atomic E-state index is 13.3. The fourth-order valence-electron chi connectivity index (χ4n) is 3.61. The second-order valence-electron chi connectivity index (χ2n) is 7.75. The van der Waals surface area contributed by atoms with Gasteiger partial charge in [-0.3, -0.25) is 14.5 Å². The van der Waals surface area contributed by atoms with E-state index >= 15 is 0 Å². The molecule has 0 radical (unpaired) electrons. The number of nitrogens with zero attached hydrogens (tertiary/aromatic N) is 2. The quantitative estimate of drug-likeness (QED) is 0.432. The molecule has 2 amide bonds. The van der Waals surface area contributed by atoms with Gasteiger partial charge in [-0.25, -0.2) is 4.99 Å². The highest BCUT2D eigenvalue weighted by Crippen LogP contribution is 2.34. The first-order chi connectivity index (χ1) is 18.0. The fourth-order valence-corrected chi connectivity index (χ4v) is 4.42. The lowest BCUT2D eigenvalue weighted by atomic mass is 10.1. The highest BCUT2D eigenvalue weighted by atomic mass is 32.2. The zero-order chi connectivity index (χ0) is 25.8. The number of hydrogen-bond acceptors (Lipinski definition) is 7. The van der Waals surface area contributed by atoms with E-state index in [1.807, 2.05) is 6.07 Å². The van der Waals surface area contributed by atoms with Gasteiger partial charge in [0.25, 0.3) is 5.91 Å². The molecule has 188 valence electrons. The van der Waals surface area contributed by atoms with Crippen molar-refractivity contribution in [2.45, 2.75) is 6.61 Å². The van der Waals surface area contributed by atoms with Crippen molar-refractivity contribution in [3.63, 3.8) is 0 Å². The van der Waals surface area contributed by atoms with Gasteiger partial charge in [0.15, 0.2) is 16.7 Å². The van der Waals surface area contributed by atoms with Gasteiger partial charge < -0.3 is 19.5 Å². The van der Waals surface area contributed by atoms with Crippen molar-refractivity contribution in [3.05, 3.63) is 84.1 Å². The molecule has 1 N–H and O–H groups in total. The number of anilines is 2. The number of carbonyl (C=O) groups is 2. The fraction of sp³-hybridized carbons (Fsp3) is 0.115. The second-order valence-corrected chi connectivity index (χ2v) is 8.69. The van der Waals surface area contributed by atoms with Crippen molar-refractivity contribution in [1.82, 2.24) is 0 Å². The Bertz CT molecular complexity index is 1380. The summed E-state index contributed by atoms with van der Waals surface area (Å²) < 4.78 is 39.7. The predicted octanol–water partition coefficient (Wildman–Crippen LogP) is 5.13. The van der Waals surface area contributed by atoms with Crippen LogP contribution in [0.2, 0.25) is 0 Å². The summed E-state index contributed by atoms with van der Waals surface area (Å²) in [6.45, 7) is -2.78. The third kappa shape index (κ3) is 5.72. The van der Waals surface area contributed by atoms with Crippen LogP contribution in [0.15, 0.2) is 83.5 Å². The van der Waals surface area contributed by atoms with Crippen LogP contribution in [0.5, 0.6) is 17.2 Å². The van der Waals surface area contributed by atoms with Crippen LogP contribution in [0.3, 0.4) is 0 Å². The van der Waals surface area contributed by atoms with E-state index in [2.05, 4.69) is 15.0 Å². The average molecular weight is 524 g/mol. The number of carbonyl (C=O) groups excluding carboxylic acids is 2. The number of para-hydroxylation sites is 1. The molecule has 37 heavy (non-hydrogen) atoms. The van der Waals surface area contributed by atoms with Crippen molar-refractivity contribution in [1.29, 1.82) is 0 Å². The van der Waals surface area contributed by atoms with E-state index in [1.165, 1.54) is 29.2 Å². The Kier molecular flexibility index (Phi) is 7.04. The van der Waals surface area contributed by atoms with Crippen LogP contribution in [-0.4, -0.2) is 36.1 Å². The normalized spacial score (nSPS) is 15.3. The van der Waals surface area contributed by atoms with Crippen LogP contribution in [0.25, 0.3) is 6.08 Å². The van der Waals surface area contributed by atoms with Crippen molar-refractivity contribution in [2.24, 2.45) is 4.99 Å². The van der Waals surface area contributed by atoms with E-state index < -0.39 is 6.61 Å². The molecule has 11 heteroatoms. The first kappa shape index (κ1) is 24.3. The number of benzene rings is 3. The number of aliphatic imine (C=N–C) groups is 1. The van der Waals surface area contributed by atoms with Crippen LogP contribution in [-0.2, 0) is 9.59 Å². The number of hydrogen-bond donors (Lipinski definition) is 1. The van der Waals surface area contributed by atoms with Crippen LogP contribution >= 0.6 is 11.8 Å². The number of amidine groups is 1. The SMILES string of the molecule is O=C(CSC1=NC(=Cc2ccc3c(c2)OCO3)C(=O)N1c1ccccc1)Nc1ccc(OC(F)F)cc1. The molecule has 0 saturated heterocycles. The van der Waals surface area contributed by atoms with E-state index in [4.69, 9.17) is 9.47 Å². The van der Waals surface area contributed by atoms with Crippen LogP contribution in [0.4, 0.5) is 20.2 Å². The second kappa shape index (κ2) is 10.7. The number of thioether (sulfide) groups is 1. The molecule has 3 aromatic rings. The Hall–Kier alpha value is -4.38. The molecular weight excluding hydrogens is 504 g/mol. The lowest BCUT2D eigenvalue weighted by Gasteiger charge is -2.17. The number of halogens is 2. The standard InChI is InChI=1S/C26H19F2N3O5S/c27-25(28)36-19-9-7-17(8-10-19)29-23(32)14-37-26-30-20(24(33)31(26)18-4-2-1-3-5-18)12-16-6-11-21-22(13-16)35-15-34-21/h1-13,25H,14-15H2,(H,29,32). The maximum absolute atomic E-state index is 13.3. The minimum absolute atomic E-state index is 0.0125. The smallest absolute Gasteiger partial charge is 0.387 e. The average Bonchev–Trinajstić information content (AvgIpc) is 3.48. The Morgan fingerprint density at radius 1 is 1.08 bits per heavy atom. The van der Waals surface area contributed by atoms with E-state index in [9.17, 15) is 18.4 Å². The molecule has 5 rings (SSSR count). The Morgan fingerprint density at radius 3 is 2.59 bits per heavy atom. The van der Waals surface area contributed by atoms with Gasteiger partial charge in [-0.05, 0) is 60.2 Å². The number of nitrogens with one attached hydrogen (secondary N) is 1. The van der Waals surface area contributed by atoms with Crippen molar-refractivity contribution >= 4 is 46.2 Å². The van der Waals surface area contributed by atoms with Gasteiger partial charge in [-0.2, -0.15) is 8.78 Å². The summed E-state index contributed by atoms with van der Waals surface area (Å²) in [5, 5.41) is 3.03. The van der Waals surface area contributed by atoms with Gasteiger partial charge in [0.05, 0.1) is 11.4 Å². The van der Waals surface area contributed by atoms with Crippen molar-refractivity contribution in [2.75, 3.05) is 22.8 Å². The molecule has 2 heterocycles. The van der Waals surface area contributed by atoms with E-state index in [0.717, 1.165) is 11.8 Å². The molecule has 0 aromatic heterocycles. The molecule has 2 aliphatic heterocycles. The van der Waals surface area contributed by atoms with Gasteiger partial charge >= 0.3 is 6.61 Å². The monoisotopic (exact) mass is 523 g/mol. The molecule has 0 spiro atoms. The number of amides is 2. The molecule has 8 nitrogen and oxygen atoms in total.